The third kappa shape index (κ3) is 8.18. The minimum absolute atomic E-state index is 0.0319. The lowest BCUT2D eigenvalue weighted by molar-refractivity contribution is -0.128. The van der Waals surface area contributed by atoms with Gasteiger partial charge in [0.25, 0.3) is 5.91 Å². The Morgan fingerprint density at radius 1 is 1.00 bits per heavy atom. The number of sulfonamides is 1. The Morgan fingerprint density at radius 3 is 2.26 bits per heavy atom. The zero-order chi connectivity index (χ0) is 22.9. The molecule has 172 valence electrons. The van der Waals surface area contributed by atoms with E-state index in [1.54, 1.807) is 12.1 Å². The largest absolute Gasteiger partial charge is 0.338 e. The van der Waals surface area contributed by atoms with Crippen LogP contribution in [0.25, 0.3) is 0 Å². The molecular weight excluding hydrogens is 422 g/mol. The number of carbonyl (C=O) groups is 3. The Balaban J connectivity index is 1.66. The fourth-order valence-electron chi connectivity index (χ4n) is 3.19. The minimum atomic E-state index is -3.82. The molecule has 1 aliphatic carbocycles. The number of benzene rings is 1. The molecule has 0 saturated heterocycles. The second-order valence-electron chi connectivity index (χ2n) is 7.66. The molecule has 11 heteroatoms. The van der Waals surface area contributed by atoms with Gasteiger partial charge in [0.05, 0.1) is 11.4 Å². The fourth-order valence-corrected chi connectivity index (χ4v) is 4.32. The summed E-state index contributed by atoms with van der Waals surface area (Å²) in [6.07, 6.45) is 5.31. The number of urea groups is 1. The van der Waals surface area contributed by atoms with E-state index in [-0.39, 0.29) is 29.9 Å². The molecule has 0 radical (unpaired) electrons. The number of hydrazine groups is 1. The van der Waals surface area contributed by atoms with E-state index >= 15 is 0 Å². The van der Waals surface area contributed by atoms with Gasteiger partial charge < -0.3 is 10.6 Å². The maximum absolute atomic E-state index is 12.5. The van der Waals surface area contributed by atoms with Crippen LogP contribution in [0.15, 0.2) is 29.2 Å². The van der Waals surface area contributed by atoms with Crippen LogP contribution in [0.3, 0.4) is 0 Å². The quantitative estimate of drug-likeness (QED) is 0.431. The number of carbonyl (C=O) groups excluding carboxylic acids is 3. The van der Waals surface area contributed by atoms with Gasteiger partial charge in [-0.25, -0.2) is 13.2 Å². The molecule has 31 heavy (non-hydrogen) atoms. The highest BCUT2D eigenvalue weighted by atomic mass is 32.2. The molecule has 2 rings (SSSR count). The van der Waals surface area contributed by atoms with E-state index in [2.05, 4.69) is 21.5 Å². The first kappa shape index (κ1) is 24.6. The Hall–Kier alpha value is -2.66. The molecule has 1 aliphatic rings. The zero-order valence-electron chi connectivity index (χ0n) is 17.9. The topological polar surface area (TPSA) is 137 Å². The van der Waals surface area contributed by atoms with E-state index in [4.69, 9.17) is 0 Å². The van der Waals surface area contributed by atoms with Crippen LogP contribution in [0.5, 0.6) is 0 Å². The van der Waals surface area contributed by atoms with Crippen molar-refractivity contribution in [2.75, 3.05) is 20.1 Å². The maximum Gasteiger partial charge on any atom is 0.315 e. The van der Waals surface area contributed by atoms with E-state index in [9.17, 15) is 22.8 Å². The second-order valence-corrected chi connectivity index (χ2v) is 9.70. The maximum atomic E-state index is 12.5. The van der Waals surface area contributed by atoms with Crippen LogP contribution in [0.1, 0.15) is 44.1 Å². The second kappa shape index (κ2) is 11.7. The zero-order valence-corrected chi connectivity index (χ0v) is 18.8. The number of aryl methyl sites for hydroxylation is 1. The Labute approximate surface area is 183 Å². The first-order valence-electron chi connectivity index (χ1n) is 10.3. The van der Waals surface area contributed by atoms with Crippen LogP contribution in [0.2, 0.25) is 0 Å². The predicted molar refractivity (Wildman–Crippen MR) is 115 cm³/mol. The van der Waals surface area contributed by atoms with Crippen molar-refractivity contribution in [3.63, 3.8) is 0 Å². The molecule has 0 unspecified atom stereocenters. The van der Waals surface area contributed by atoms with Gasteiger partial charge in [0.15, 0.2) is 0 Å². The fraction of sp³-hybridized carbons (Fsp3) is 0.550. The molecule has 0 aliphatic heterocycles. The van der Waals surface area contributed by atoms with Crippen molar-refractivity contribution in [2.24, 2.45) is 0 Å². The number of rotatable bonds is 8. The van der Waals surface area contributed by atoms with Gasteiger partial charge in [-0.15, -0.1) is 0 Å². The van der Waals surface area contributed by atoms with E-state index in [0.29, 0.717) is 0 Å². The van der Waals surface area contributed by atoms with E-state index in [1.807, 2.05) is 6.92 Å². The lowest BCUT2D eigenvalue weighted by atomic mass is 9.96. The molecule has 0 aromatic heterocycles. The van der Waals surface area contributed by atoms with Gasteiger partial charge in [0.2, 0.25) is 15.9 Å². The summed E-state index contributed by atoms with van der Waals surface area (Å²) in [5.74, 6) is -1.19. The smallest absolute Gasteiger partial charge is 0.315 e. The van der Waals surface area contributed by atoms with Crippen LogP contribution in [0, 0.1) is 6.92 Å². The highest BCUT2D eigenvalue weighted by Gasteiger charge is 2.23. The van der Waals surface area contributed by atoms with Crippen LogP contribution in [0.4, 0.5) is 4.79 Å². The molecule has 1 saturated carbocycles. The number of amides is 4. The summed E-state index contributed by atoms with van der Waals surface area (Å²) in [6.45, 7) is 1.50. The van der Waals surface area contributed by atoms with Gasteiger partial charge in [-0.3, -0.25) is 20.4 Å². The number of likely N-dealkylation sites (N-methyl/N-ethyl adjacent to an activating group) is 1. The van der Waals surface area contributed by atoms with Gasteiger partial charge in [0, 0.05) is 26.1 Å². The monoisotopic (exact) mass is 453 g/mol. The summed E-state index contributed by atoms with van der Waals surface area (Å²) >= 11 is 0. The predicted octanol–water partition coefficient (Wildman–Crippen LogP) is 0.785. The van der Waals surface area contributed by atoms with Gasteiger partial charge in [0.1, 0.15) is 0 Å². The minimum Gasteiger partial charge on any atom is -0.338 e. The number of nitrogens with zero attached hydrogens (tertiary/aromatic N) is 1. The standard InChI is InChI=1S/C20H31N5O5S/c1-15-8-10-17(11-9-15)31(29,30)25(2)14-19(27)24-23-18(26)12-13-21-20(28)22-16-6-4-3-5-7-16/h8-11,16H,3-7,12-14H2,1-2H3,(H,23,26)(H,24,27)(H2,21,22,28). The molecule has 10 nitrogen and oxygen atoms in total. The molecule has 4 N–H and O–H groups in total. The normalized spacial score (nSPS) is 14.7. The highest BCUT2D eigenvalue weighted by Crippen LogP contribution is 2.17. The molecule has 0 heterocycles. The van der Waals surface area contributed by atoms with Gasteiger partial charge in [-0.1, -0.05) is 37.0 Å². The van der Waals surface area contributed by atoms with Crippen LogP contribution in [-0.2, 0) is 19.6 Å². The van der Waals surface area contributed by atoms with E-state index in [0.717, 1.165) is 35.6 Å². The summed E-state index contributed by atoms with van der Waals surface area (Å²) in [7, 11) is -2.54. The van der Waals surface area contributed by atoms with Crippen molar-refractivity contribution in [3.05, 3.63) is 29.8 Å². The van der Waals surface area contributed by atoms with Crippen molar-refractivity contribution >= 4 is 27.9 Å². The van der Waals surface area contributed by atoms with E-state index in [1.165, 1.54) is 25.6 Å². The Kier molecular flexibility index (Phi) is 9.25. The lowest BCUT2D eigenvalue weighted by Gasteiger charge is -2.22. The van der Waals surface area contributed by atoms with Crippen LogP contribution < -0.4 is 21.5 Å². The number of hydrogen-bond donors (Lipinski definition) is 4. The summed E-state index contributed by atoms with van der Waals surface area (Å²) in [4.78, 5) is 35.7. The molecule has 0 spiro atoms. The average molecular weight is 454 g/mol. The summed E-state index contributed by atoms with van der Waals surface area (Å²) < 4.78 is 25.9. The first-order chi connectivity index (χ1) is 14.7. The third-order valence-electron chi connectivity index (χ3n) is 5.01. The van der Waals surface area contributed by atoms with Crippen molar-refractivity contribution in [2.45, 2.75) is 56.4 Å². The van der Waals surface area contributed by atoms with Gasteiger partial charge >= 0.3 is 6.03 Å². The Bertz CT molecular complexity index is 866. The third-order valence-corrected chi connectivity index (χ3v) is 6.83. The Morgan fingerprint density at radius 2 is 1.61 bits per heavy atom. The van der Waals surface area contributed by atoms with Crippen molar-refractivity contribution in [3.8, 4) is 0 Å². The molecular formula is C20H31N5O5S. The lowest BCUT2D eigenvalue weighted by Crippen LogP contribution is -2.48. The molecule has 1 aromatic rings. The van der Waals surface area contributed by atoms with Gasteiger partial charge in [-0.2, -0.15) is 4.31 Å². The van der Waals surface area contributed by atoms with E-state index < -0.39 is 28.4 Å². The molecule has 0 atom stereocenters. The SMILES string of the molecule is Cc1ccc(S(=O)(=O)N(C)CC(=O)NNC(=O)CCNC(=O)NC2CCCCC2)cc1. The molecule has 1 fully saturated rings. The summed E-state index contributed by atoms with van der Waals surface area (Å²) in [6, 6.07) is 6.15. The van der Waals surface area contributed by atoms with Crippen molar-refractivity contribution in [1.82, 2.24) is 25.8 Å². The van der Waals surface area contributed by atoms with Crippen LogP contribution >= 0.6 is 0 Å². The number of hydrogen-bond acceptors (Lipinski definition) is 5. The van der Waals surface area contributed by atoms with Crippen molar-refractivity contribution in [1.29, 1.82) is 0 Å². The molecule has 1 aromatic carbocycles. The molecule has 0 bridgehead atoms. The average Bonchev–Trinajstić information content (AvgIpc) is 2.73. The van der Waals surface area contributed by atoms with Crippen molar-refractivity contribution < 1.29 is 22.8 Å². The molecule has 4 amide bonds. The highest BCUT2D eigenvalue weighted by molar-refractivity contribution is 7.89. The van der Waals surface area contributed by atoms with Crippen LogP contribution in [-0.4, -0.2) is 56.7 Å². The first-order valence-corrected chi connectivity index (χ1v) is 11.8. The summed E-state index contributed by atoms with van der Waals surface area (Å²) in [5, 5.41) is 5.49. The summed E-state index contributed by atoms with van der Waals surface area (Å²) in [5.41, 5.74) is 5.31. The number of nitrogens with one attached hydrogen (secondary N) is 4. The van der Waals surface area contributed by atoms with Gasteiger partial charge in [-0.05, 0) is 31.9 Å².